The van der Waals surface area contributed by atoms with E-state index in [1.54, 1.807) is 37.6 Å². The summed E-state index contributed by atoms with van der Waals surface area (Å²) in [6, 6.07) is 10.1. The summed E-state index contributed by atoms with van der Waals surface area (Å²) in [7, 11) is 1.63. The molecule has 3 heterocycles. The number of ether oxygens (including phenoxy) is 1. The van der Waals surface area contributed by atoms with Crippen molar-refractivity contribution in [3.63, 3.8) is 0 Å². The number of anilines is 1. The number of aromatic nitrogens is 4. The Hall–Kier alpha value is -3.81. The first-order valence-corrected chi connectivity index (χ1v) is 11.1. The second-order valence-electron chi connectivity index (χ2n) is 8.11. The molecule has 0 bridgehead atoms. The second-order valence-corrected chi connectivity index (χ2v) is 8.11. The van der Waals surface area contributed by atoms with E-state index in [9.17, 15) is 9.18 Å². The molecule has 33 heavy (non-hydrogen) atoms. The standard InChI is InChI=1S/C25H24FN5O2/c1-31-23(32)15-21(16-8-10-27-11-9-16)30-25(31)33-13-12-28-24-18-4-2-3-5-20(18)29-22-14-17(26)6-7-19(22)24/h6-11,14-15H,2-5,12-13H2,1H3,(H,28,29). The van der Waals surface area contributed by atoms with Crippen molar-refractivity contribution in [2.75, 3.05) is 18.5 Å². The Morgan fingerprint density at radius 2 is 1.91 bits per heavy atom. The summed E-state index contributed by atoms with van der Waals surface area (Å²) in [5.41, 5.74) is 5.03. The lowest BCUT2D eigenvalue weighted by Crippen LogP contribution is -2.22. The lowest BCUT2D eigenvalue weighted by molar-refractivity contribution is 0.290. The van der Waals surface area contributed by atoms with Gasteiger partial charge in [0.25, 0.3) is 11.6 Å². The van der Waals surface area contributed by atoms with E-state index in [1.807, 2.05) is 0 Å². The molecule has 5 rings (SSSR count). The fraction of sp³-hybridized carbons (Fsp3) is 0.280. The van der Waals surface area contributed by atoms with E-state index in [4.69, 9.17) is 9.72 Å². The van der Waals surface area contributed by atoms with E-state index < -0.39 is 0 Å². The number of fused-ring (bicyclic) bond motifs is 2. The van der Waals surface area contributed by atoms with Gasteiger partial charge in [0.2, 0.25) is 0 Å². The van der Waals surface area contributed by atoms with Gasteiger partial charge in [0, 0.05) is 60.4 Å². The maximum atomic E-state index is 13.8. The number of benzene rings is 1. The number of pyridine rings is 2. The van der Waals surface area contributed by atoms with Gasteiger partial charge in [-0.3, -0.25) is 19.3 Å². The Kier molecular flexibility index (Phi) is 5.73. The van der Waals surface area contributed by atoms with Crippen LogP contribution in [0.5, 0.6) is 6.01 Å². The summed E-state index contributed by atoms with van der Waals surface area (Å²) in [6.07, 6.45) is 7.37. The number of halogens is 1. The zero-order valence-corrected chi connectivity index (χ0v) is 18.3. The maximum Gasteiger partial charge on any atom is 0.299 e. The van der Waals surface area contributed by atoms with Gasteiger partial charge in [-0.1, -0.05) is 0 Å². The third kappa shape index (κ3) is 4.28. The molecular weight excluding hydrogens is 421 g/mol. The first-order valence-electron chi connectivity index (χ1n) is 11.1. The molecule has 0 saturated carbocycles. The molecular formula is C25H24FN5O2. The lowest BCUT2D eigenvalue weighted by Gasteiger charge is -2.22. The van der Waals surface area contributed by atoms with Gasteiger partial charge in [0.05, 0.1) is 11.2 Å². The molecule has 0 fully saturated rings. The molecule has 0 spiro atoms. The van der Waals surface area contributed by atoms with Gasteiger partial charge in [-0.15, -0.1) is 0 Å². The minimum atomic E-state index is -0.291. The second kappa shape index (κ2) is 8.97. The van der Waals surface area contributed by atoms with Crippen LogP contribution in [-0.2, 0) is 19.9 Å². The van der Waals surface area contributed by atoms with E-state index >= 15 is 0 Å². The van der Waals surface area contributed by atoms with E-state index in [0.29, 0.717) is 24.4 Å². The highest BCUT2D eigenvalue weighted by Crippen LogP contribution is 2.33. The van der Waals surface area contributed by atoms with Crippen LogP contribution in [-0.4, -0.2) is 32.7 Å². The molecule has 1 aromatic carbocycles. The van der Waals surface area contributed by atoms with Crippen LogP contribution in [0.3, 0.4) is 0 Å². The Morgan fingerprint density at radius 1 is 1.09 bits per heavy atom. The zero-order chi connectivity index (χ0) is 22.8. The highest BCUT2D eigenvalue weighted by molar-refractivity contribution is 5.93. The summed E-state index contributed by atoms with van der Waals surface area (Å²) >= 11 is 0. The third-order valence-corrected chi connectivity index (χ3v) is 5.93. The number of hydrogen-bond acceptors (Lipinski definition) is 6. The Labute approximate surface area is 190 Å². The summed E-state index contributed by atoms with van der Waals surface area (Å²) < 4.78 is 21.1. The van der Waals surface area contributed by atoms with Crippen LogP contribution in [0.25, 0.3) is 22.2 Å². The molecule has 0 unspecified atom stereocenters. The Morgan fingerprint density at radius 3 is 2.76 bits per heavy atom. The van der Waals surface area contributed by atoms with Crippen molar-refractivity contribution in [3.05, 3.63) is 76.2 Å². The van der Waals surface area contributed by atoms with Crippen molar-refractivity contribution in [3.8, 4) is 17.3 Å². The van der Waals surface area contributed by atoms with Crippen molar-refractivity contribution in [1.82, 2.24) is 19.5 Å². The molecule has 0 aliphatic heterocycles. The van der Waals surface area contributed by atoms with Gasteiger partial charge in [0.15, 0.2) is 0 Å². The molecule has 0 saturated heterocycles. The predicted octanol–water partition coefficient (Wildman–Crippen LogP) is 3.90. The molecule has 4 aromatic rings. The molecule has 1 N–H and O–H groups in total. The van der Waals surface area contributed by atoms with E-state index in [0.717, 1.165) is 48.0 Å². The molecule has 0 atom stereocenters. The van der Waals surface area contributed by atoms with Crippen LogP contribution < -0.4 is 15.6 Å². The monoisotopic (exact) mass is 445 g/mol. The average Bonchev–Trinajstić information content (AvgIpc) is 2.83. The van der Waals surface area contributed by atoms with Crippen molar-refractivity contribution in [2.24, 2.45) is 7.05 Å². The summed E-state index contributed by atoms with van der Waals surface area (Å²) in [6.45, 7) is 0.804. The average molecular weight is 445 g/mol. The maximum absolute atomic E-state index is 13.8. The molecule has 0 radical (unpaired) electrons. The van der Waals surface area contributed by atoms with Crippen LogP contribution in [0.1, 0.15) is 24.1 Å². The zero-order valence-electron chi connectivity index (χ0n) is 18.3. The molecule has 168 valence electrons. The number of aryl methyl sites for hydroxylation is 1. The Balaban J connectivity index is 1.36. The molecule has 7 nitrogen and oxygen atoms in total. The van der Waals surface area contributed by atoms with Crippen molar-refractivity contribution < 1.29 is 9.13 Å². The minimum Gasteiger partial charge on any atom is -0.463 e. The van der Waals surface area contributed by atoms with Gasteiger partial charge in [-0.25, -0.2) is 4.39 Å². The normalized spacial score (nSPS) is 13.0. The van der Waals surface area contributed by atoms with Gasteiger partial charge >= 0.3 is 0 Å². The van der Waals surface area contributed by atoms with Gasteiger partial charge < -0.3 is 10.1 Å². The molecule has 0 amide bonds. The molecule has 8 heteroatoms. The molecule has 1 aliphatic rings. The SMILES string of the molecule is Cn1c(OCCNc2c3c(nc4cc(F)ccc24)CCCC3)nc(-c2ccncc2)cc1=O. The van der Waals surface area contributed by atoms with Crippen LogP contribution >= 0.6 is 0 Å². The summed E-state index contributed by atoms with van der Waals surface area (Å²) in [5, 5.41) is 4.38. The summed E-state index contributed by atoms with van der Waals surface area (Å²) in [4.78, 5) is 25.6. The van der Waals surface area contributed by atoms with Crippen LogP contribution in [0.2, 0.25) is 0 Å². The van der Waals surface area contributed by atoms with Crippen molar-refractivity contribution in [1.29, 1.82) is 0 Å². The number of hydrogen-bond donors (Lipinski definition) is 1. The number of nitrogens with zero attached hydrogens (tertiary/aromatic N) is 4. The van der Waals surface area contributed by atoms with Gasteiger partial charge in [-0.05, 0) is 55.5 Å². The number of nitrogens with one attached hydrogen (secondary N) is 1. The molecule has 1 aliphatic carbocycles. The smallest absolute Gasteiger partial charge is 0.299 e. The van der Waals surface area contributed by atoms with Gasteiger partial charge in [-0.2, -0.15) is 4.98 Å². The van der Waals surface area contributed by atoms with Gasteiger partial charge in [0.1, 0.15) is 12.4 Å². The third-order valence-electron chi connectivity index (χ3n) is 5.93. The largest absolute Gasteiger partial charge is 0.463 e. The van der Waals surface area contributed by atoms with Crippen molar-refractivity contribution in [2.45, 2.75) is 25.7 Å². The summed E-state index contributed by atoms with van der Waals surface area (Å²) in [5.74, 6) is -0.291. The first-order chi connectivity index (χ1) is 16.1. The van der Waals surface area contributed by atoms with E-state index in [1.165, 1.54) is 28.3 Å². The Bertz CT molecular complexity index is 1370. The predicted molar refractivity (Wildman–Crippen MR) is 125 cm³/mol. The fourth-order valence-corrected chi connectivity index (χ4v) is 4.24. The number of rotatable bonds is 6. The fourth-order valence-electron chi connectivity index (χ4n) is 4.24. The first kappa shape index (κ1) is 21.1. The minimum absolute atomic E-state index is 0.198. The van der Waals surface area contributed by atoms with Crippen LogP contribution in [0, 0.1) is 5.82 Å². The molecule has 3 aromatic heterocycles. The van der Waals surface area contributed by atoms with Crippen LogP contribution in [0.15, 0.2) is 53.6 Å². The van der Waals surface area contributed by atoms with Crippen LogP contribution in [0.4, 0.5) is 10.1 Å². The van der Waals surface area contributed by atoms with E-state index in [-0.39, 0.29) is 17.4 Å². The highest BCUT2D eigenvalue weighted by Gasteiger charge is 2.18. The van der Waals surface area contributed by atoms with E-state index in [2.05, 4.69) is 15.3 Å². The lowest BCUT2D eigenvalue weighted by atomic mass is 9.92. The quantitative estimate of drug-likeness (QED) is 0.454. The van der Waals surface area contributed by atoms with Crippen molar-refractivity contribution >= 4 is 16.6 Å². The highest BCUT2D eigenvalue weighted by atomic mass is 19.1. The topological polar surface area (TPSA) is 81.9 Å².